The molecule has 2 N–H and O–H groups in total. The average molecular weight is 489 g/mol. The molecule has 0 unspecified atom stereocenters. The van der Waals surface area contributed by atoms with E-state index in [1.54, 1.807) is 30.3 Å². The van der Waals surface area contributed by atoms with Crippen LogP contribution in [-0.2, 0) is 21.2 Å². The van der Waals surface area contributed by atoms with E-state index in [1.165, 1.54) is 7.11 Å². The fourth-order valence-electron chi connectivity index (χ4n) is 5.15. The molecule has 5 rings (SSSR count). The van der Waals surface area contributed by atoms with Gasteiger partial charge in [0.2, 0.25) is 0 Å². The molecule has 6 nitrogen and oxygen atoms in total. The molecule has 0 saturated carbocycles. The molecule has 0 radical (unpaired) electrons. The van der Waals surface area contributed by atoms with Gasteiger partial charge < -0.3 is 10.1 Å². The summed E-state index contributed by atoms with van der Waals surface area (Å²) < 4.78 is 34.1. The number of aryl methyl sites for hydroxylation is 1. The molecule has 3 aromatic rings. The lowest BCUT2D eigenvalue weighted by molar-refractivity contribution is 0.0600. The van der Waals surface area contributed by atoms with Crippen molar-refractivity contribution in [2.75, 3.05) is 17.1 Å². The van der Waals surface area contributed by atoms with Crippen molar-refractivity contribution in [2.24, 2.45) is 5.92 Å². The molecule has 180 valence electrons. The summed E-state index contributed by atoms with van der Waals surface area (Å²) in [5.74, 6) is -0.00404. The normalized spacial score (nSPS) is 20.5. The van der Waals surface area contributed by atoms with Crippen LogP contribution in [-0.4, -0.2) is 21.5 Å². The maximum Gasteiger partial charge on any atom is 0.337 e. The van der Waals surface area contributed by atoms with Crippen LogP contribution >= 0.6 is 0 Å². The molecule has 0 bridgehead atoms. The van der Waals surface area contributed by atoms with Gasteiger partial charge in [-0.3, -0.25) is 4.72 Å². The van der Waals surface area contributed by atoms with Crippen molar-refractivity contribution in [3.8, 4) is 0 Å². The van der Waals surface area contributed by atoms with Gasteiger partial charge in [-0.15, -0.1) is 0 Å². The van der Waals surface area contributed by atoms with Crippen LogP contribution in [0.1, 0.15) is 52.4 Å². The van der Waals surface area contributed by atoms with Crippen LogP contribution in [0.15, 0.2) is 83.8 Å². The number of nitrogens with one attached hydrogen (secondary N) is 2. The van der Waals surface area contributed by atoms with E-state index in [-0.39, 0.29) is 28.7 Å². The van der Waals surface area contributed by atoms with Gasteiger partial charge >= 0.3 is 5.97 Å². The van der Waals surface area contributed by atoms with Crippen LogP contribution in [0.5, 0.6) is 0 Å². The van der Waals surface area contributed by atoms with Gasteiger partial charge in [0.25, 0.3) is 10.0 Å². The molecule has 1 aliphatic heterocycles. The summed E-state index contributed by atoms with van der Waals surface area (Å²) >= 11 is 0. The first-order valence-corrected chi connectivity index (χ1v) is 13.3. The van der Waals surface area contributed by atoms with E-state index in [0.717, 1.165) is 35.2 Å². The number of hydrogen-bond acceptors (Lipinski definition) is 5. The number of fused-ring (bicyclic) bond motifs is 3. The largest absolute Gasteiger partial charge is 0.465 e. The number of anilines is 2. The summed E-state index contributed by atoms with van der Waals surface area (Å²) in [6, 6.07) is 20.3. The Morgan fingerprint density at radius 2 is 1.86 bits per heavy atom. The number of rotatable bonds is 6. The molecule has 3 aromatic carbocycles. The maximum atomic E-state index is 13.3. The van der Waals surface area contributed by atoms with Gasteiger partial charge in [-0.05, 0) is 71.8 Å². The number of allylic oxidation sites excluding steroid dienone is 2. The highest BCUT2D eigenvalue weighted by Gasteiger charge is 2.38. The lowest BCUT2D eigenvalue weighted by Crippen LogP contribution is -2.29. The zero-order valence-corrected chi connectivity index (χ0v) is 20.5. The molecule has 0 saturated heterocycles. The van der Waals surface area contributed by atoms with Crippen molar-refractivity contribution in [3.63, 3.8) is 0 Å². The second-order valence-corrected chi connectivity index (χ2v) is 10.6. The van der Waals surface area contributed by atoms with Crippen LogP contribution < -0.4 is 10.0 Å². The average Bonchev–Trinajstić information content (AvgIpc) is 3.38. The van der Waals surface area contributed by atoms with Gasteiger partial charge in [0.15, 0.2) is 0 Å². The van der Waals surface area contributed by atoms with E-state index in [0.29, 0.717) is 11.3 Å². The number of methoxy groups -OCH3 is 1. The summed E-state index contributed by atoms with van der Waals surface area (Å²) in [6.45, 7) is 2.00. The number of carbonyl (C=O) groups is 1. The molecule has 0 spiro atoms. The van der Waals surface area contributed by atoms with Gasteiger partial charge in [-0.2, -0.15) is 0 Å². The Hall–Kier alpha value is -3.58. The van der Waals surface area contributed by atoms with Crippen molar-refractivity contribution in [2.45, 2.75) is 36.6 Å². The Kier molecular flexibility index (Phi) is 6.11. The maximum absolute atomic E-state index is 13.3. The van der Waals surface area contributed by atoms with Crippen LogP contribution in [0, 0.1) is 5.92 Å². The van der Waals surface area contributed by atoms with Crippen molar-refractivity contribution in [1.29, 1.82) is 0 Å². The lowest BCUT2D eigenvalue weighted by atomic mass is 9.77. The third-order valence-electron chi connectivity index (χ3n) is 6.98. The molecule has 0 fully saturated rings. The Labute approximate surface area is 206 Å². The molecule has 0 aromatic heterocycles. The minimum Gasteiger partial charge on any atom is -0.465 e. The first-order chi connectivity index (χ1) is 16.9. The third kappa shape index (κ3) is 4.32. The summed E-state index contributed by atoms with van der Waals surface area (Å²) in [4.78, 5) is 12.1. The van der Waals surface area contributed by atoms with Crippen LogP contribution in [0.2, 0.25) is 0 Å². The van der Waals surface area contributed by atoms with Gasteiger partial charge in [0, 0.05) is 11.6 Å². The number of para-hydroxylation sites is 1. The number of carbonyl (C=O) groups excluding carboxylic acids is 1. The van der Waals surface area contributed by atoms with E-state index in [4.69, 9.17) is 4.74 Å². The van der Waals surface area contributed by atoms with E-state index in [1.807, 2.05) is 43.3 Å². The van der Waals surface area contributed by atoms with Gasteiger partial charge in [-0.25, -0.2) is 13.2 Å². The molecular formula is C28H28N2O4S. The fourth-order valence-corrected chi connectivity index (χ4v) is 6.28. The molecule has 3 atom stereocenters. The molecule has 0 amide bonds. The zero-order chi connectivity index (χ0) is 24.6. The van der Waals surface area contributed by atoms with Crippen molar-refractivity contribution in [1.82, 2.24) is 0 Å². The highest BCUT2D eigenvalue weighted by molar-refractivity contribution is 7.92. The van der Waals surface area contributed by atoms with E-state index in [2.05, 4.69) is 22.2 Å². The Balaban J connectivity index is 1.45. The van der Waals surface area contributed by atoms with Gasteiger partial charge in [0.1, 0.15) is 0 Å². The first-order valence-electron chi connectivity index (χ1n) is 11.8. The summed E-state index contributed by atoms with van der Waals surface area (Å²) in [5, 5.41) is 3.62. The Morgan fingerprint density at radius 1 is 1.09 bits per heavy atom. The first kappa shape index (κ1) is 23.2. The number of esters is 1. The van der Waals surface area contributed by atoms with Crippen molar-refractivity contribution >= 4 is 27.4 Å². The van der Waals surface area contributed by atoms with Crippen molar-refractivity contribution in [3.05, 3.63) is 101 Å². The number of ether oxygens (including phenoxy) is 1. The minimum absolute atomic E-state index is 0.0474. The number of benzene rings is 3. The van der Waals surface area contributed by atoms with E-state index < -0.39 is 10.0 Å². The quantitative estimate of drug-likeness (QED) is 0.345. The topological polar surface area (TPSA) is 84.5 Å². The lowest BCUT2D eigenvalue weighted by Gasteiger charge is -2.37. The molecule has 7 heteroatoms. The van der Waals surface area contributed by atoms with Crippen LogP contribution in [0.4, 0.5) is 11.4 Å². The predicted molar refractivity (Wildman–Crippen MR) is 137 cm³/mol. The number of hydrogen-bond donors (Lipinski definition) is 2. The molecule has 1 heterocycles. The molecule has 35 heavy (non-hydrogen) atoms. The van der Waals surface area contributed by atoms with Crippen LogP contribution in [0.25, 0.3) is 0 Å². The predicted octanol–water partition coefficient (Wildman–Crippen LogP) is 5.66. The second-order valence-electron chi connectivity index (χ2n) is 8.95. The second kappa shape index (κ2) is 9.23. The van der Waals surface area contributed by atoms with Crippen LogP contribution in [0.3, 0.4) is 0 Å². The Morgan fingerprint density at radius 3 is 2.60 bits per heavy atom. The minimum atomic E-state index is -3.73. The summed E-state index contributed by atoms with van der Waals surface area (Å²) in [6.07, 6.45) is 5.97. The highest BCUT2D eigenvalue weighted by atomic mass is 32.2. The highest BCUT2D eigenvalue weighted by Crippen LogP contribution is 2.50. The zero-order valence-electron chi connectivity index (χ0n) is 19.7. The Bertz CT molecular complexity index is 1400. The van der Waals surface area contributed by atoms with E-state index >= 15 is 0 Å². The smallest absolute Gasteiger partial charge is 0.337 e. The fraction of sp³-hybridized carbons (Fsp3) is 0.250. The SMILES string of the molecule is CCc1ccccc1NS(=O)(=O)c1ccc2c(c1)[C@H]1C=CC[C@H]1[C@@H](c1ccc(C(=O)OC)cc1)N2. The summed E-state index contributed by atoms with van der Waals surface area (Å²) in [7, 11) is -2.36. The van der Waals surface area contributed by atoms with E-state index in [9.17, 15) is 13.2 Å². The van der Waals surface area contributed by atoms with Crippen molar-refractivity contribution < 1.29 is 17.9 Å². The number of sulfonamides is 1. The van der Waals surface area contributed by atoms with Gasteiger partial charge in [0.05, 0.1) is 29.3 Å². The summed E-state index contributed by atoms with van der Waals surface area (Å²) in [5.41, 5.74) is 5.07. The molecule has 1 aliphatic carbocycles. The third-order valence-corrected chi connectivity index (χ3v) is 8.34. The monoisotopic (exact) mass is 488 g/mol. The standard InChI is InChI=1S/C28H28N2O4S/c1-3-18-7-4-5-10-25(18)30-35(32,33)21-15-16-26-24(17-21)22-8-6-9-23(22)27(29-26)19-11-13-20(14-12-19)28(31)34-2/h4-8,10-17,22-23,27,29-30H,3,9H2,1-2H3/t22-,23+,27+/m0/s1. The molecular weight excluding hydrogens is 460 g/mol. The van der Waals surface area contributed by atoms with Gasteiger partial charge in [-0.1, -0.05) is 49.4 Å². The molecule has 2 aliphatic rings.